The SMILES string of the molecule is C#C[C@]1(CO)O[C@@H](n2cnc3c(N)nc(F)nc32)C[C@@H]1OC(=O)OCc1ccc(OC(=O)CCCCCCCCCCCCC)cc1. The van der Waals surface area contributed by atoms with Gasteiger partial charge in [-0.05, 0) is 24.1 Å². The fourth-order valence-corrected chi connectivity index (χ4v) is 5.55. The molecule has 3 aromatic rings. The number of aliphatic hydroxyl groups excluding tert-OH is 1. The first-order chi connectivity index (χ1) is 22.8. The van der Waals surface area contributed by atoms with E-state index in [1.165, 1.54) is 62.3 Å². The molecule has 3 N–H and O–H groups in total. The Morgan fingerprint density at radius 2 is 1.74 bits per heavy atom. The summed E-state index contributed by atoms with van der Waals surface area (Å²) < 4.78 is 37.3. The molecule has 2 aromatic heterocycles. The molecule has 0 amide bonds. The highest BCUT2D eigenvalue weighted by Gasteiger charge is 2.51. The number of nitrogen functional groups attached to an aromatic ring is 1. The average Bonchev–Trinajstić information content (AvgIpc) is 3.65. The highest BCUT2D eigenvalue weighted by atomic mass is 19.1. The number of imidazole rings is 1. The minimum atomic E-state index is -1.70. The monoisotopic (exact) mass is 653 g/mol. The van der Waals surface area contributed by atoms with Crippen LogP contribution in [0.5, 0.6) is 5.75 Å². The predicted octanol–water partition coefficient (Wildman–Crippen LogP) is 6.16. The number of rotatable bonds is 18. The lowest BCUT2D eigenvalue weighted by Crippen LogP contribution is -2.44. The summed E-state index contributed by atoms with van der Waals surface area (Å²) in [5, 5.41) is 10.1. The van der Waals surface area contributed by atoms with E-state index in [4.69, 9.17) is 31.1 Å². The molecule has 1 aliphatic rings. The molecule has 47 heavy (non-hydrogen) atoms. The van der Waals surface area contributed by atoms with Gasteiger partial charge in [0.15, 0.2) is 28.7 Å². The molecule has 0 bridgehead atoms. The maximum absolute atomic E-state index is 13.8. The molecule has 1 fully saturated rings. The number of aliphatic hydroxyl groups is 1. The first kappa shape index (κ1) is 35.6. The largest absolute Gasteiger partial charge is 0.509 e. The second-order valence-electron chi connectivity index (χ2n) is 11.8. The van der Waals surface area contributed by atoms with Crippen molar-refractivity contribution >= 4 is 29.1 Å². The van der Waals surface area contributed by atoms with Crippen molar-refractivity contribution < 1.29 is 38.0 Å². The standard InChI is InChI=1S/C34H44FN5O7/c1-3-5-6-7-8-9-10-11-12-13-14-15-28(42)45-25-18-16-24(17-19-25)21-44-33(43)46-26-20-27(47-34(26,4-2)22-41)40-23-37-29-30(36)38-32(35)39-31(29)40/h2,16-19,23,26-27,41H,3,5-15,20-22H2,1H3,(H2,36,38,39)/t26-,27+,34+/m0/s1. The van der Waals surface area contributed by atoms with Crippen molar-refractivity contribution in [1.29, 1.82) is 0 Å². The Labute approximate surface area is 274 Å². The number of terminal acetylenes is 1. The number of fused-ring (bicyclic) bond motifs is 1. The lowest BCUT2D eigenvalue weighted by Gasteiger charge is -2.26. The molecule has 0 unspecified atom stereocenters. The van der Waals surface area contributed by atoms with Gasteiger partial charge in [-0.3, -0.25) is 9.36 Å². The summed E-state index contributed by atoms with van der Waals surface area (Å²) in [6, 6.07) is 6.59. The smallest absolute Gasteiger partial charge is 0.429 e. The number of hydrogen-bond donors (Lipinski definition) is 2. The number of anilines is 1. The van der Waals surface area contributed by atoms with E-state index in [0.717, 1.165) is 19.3 Å². The van der Waals surface area contributed by atoms with Crippen LogP contribution in [0.25, 0.3) is 11.2 Å². The van der Waals surface area contributed by atoms with E-state index in [-0.39, 0.29) is 36.0 Å². The molecule has 254 valence electrons. The number of nitrogens with zero attached hydrogens (tertiary/aromatic N) is 4. The first-order valence-corrected chi connectivity index (χ1v) is 16.3. The molecule has 13 heteroatoms. The molecule has 3 atom stereocenters. The number of carbonyl (C=O) groups is 2. The van der Waals surface area contributed by atoms with E-state index in [1.807, 2.05) is 0 Å². The lowest BCUT2D eigenvalue weighted by atomic mass is 9.99. The van der Waals surface area contributed by atoms with Gasteiger partial charge in [-0.25, -0.2) is 9.78 Å². The van der Waals surface area contributed by atoms with Gasteiger partial charge in [0.05, 0.1) is 12.9 Å². The Kier molecular flexibility index (Phi) is 13.3. The summed E-state index contributed by atoms with van der Waals surface area (Å²) in [6.07, 6.45) is 16.5. The second kappa shape index (κ2) is 17.6. The summed E-state index contributed by atoms with van der Waals surface area (Å²) in [5.41, 5.74) is 4.87. The Balaban J connectivity index is 1.18. The minimum Gasteiger partial charge on any atom is -0.429 e. The van der Waals surface area contributed by atoms with Crippen LogP contribution in [-0.4, -0.2) is 55.1 Å². The van der Waals surface area contributed by atoms with Crippen LogP contribution in [-0.2, 0) is 25.6 Å². The number of esters is 1. The first-order valence-electron chi connectivity index (χ1n) is 16.3. The molecule has 12 nitrogen and oxygen atoms in total. The van der Waals surface area contributed by atoms with Gasteiger partial charge >= 0.3 is 18.2 Å². The molecule has 3 heterocycles. The Bertz CT molecular complexity index is 1510. The van der Waals surface area contributed by atoms with E-state index >= 15 is 0 Å². The van der Waals surface area contributed by atoms with Crippen LogP contribution in [0.2, 0.25) is 0 Å². The third-order valence-electron chi connectivity index (χ3n) is 8.23. The van der Waals surface area contributed by atoms with Crippen molar-refractivity contribution in [2.75, 3.05) is 12.3 Å². The molecule has 1 aliphatic heterocycles. The highest BCUT2D eigenvalue weighted by molar-refractivity contribution is 5.81. The van der Waals surface area contributed by atoms with Crippen LogP contribution in [0, 0.1) is 18.4 Å². The number of aromatic nitrogens is 4. The molecule has 1 aromatic carbocycles. The van der Waals surface area contributed by atoms with Crippen molar-refractivity contribution in [3.63, 3.8) is 0 Å². The van der Waals surface area contributed by atoms with E-state index < -0.39 is 36.8 Å². The van der Waals surface area contributed by atoms with Gasteiger partial charge in [-0.1, -0.05) is 89.2 Å². The van der Waals surface area contributed by atoms with Gasteiger partial charge in [-0.2, -0.15) is 14.4 Å². The summed E-state index contributed by atoms with van der Waals surface area (Å²) in [7, 11) is 0. The van der Waals surface area contributed by atoms with Crippen molar-refractivity contribution in [2.24, 2.45) is 0 Å². The molecule has 0 aliphatic carbocycles. The van der Waals surface area contributed by atoms with E-state index in [9.17, 15) is 19.1 Å². The summed E-state index contributed by atoms with van der Waals surface area (Å²) in [6.45, 7) is 1.43. The van der Waals surface area contributed by atoms with E-state index in [0.29, 0.717) is 17.7 Å². The summed E-state index contributed by atoms with van der Waals surface area (Å²) >= 11 is 0. The number of hydrogen-bond acceptors (Lipinski definition) is 11. The van der Waals surface area contributed by atoms with Gasteiger partial charge in [0, 0.05) is 12.8 Å². The molecular weight excluding hydrogens is 609 g/mol. The van der Waals surface area contributed by atoms with Crippen molar-refractivity contribution in [1.82, 2.24) is 19.5 Å². The van der Waals surface area contributed by atoms with Crippen LogP contribution in [0.1, 0.15) is 102 Å². The third kappa shape index (κ3) is 9.86. The van der Waals surface area contributed by atoms with Crippen molar-refractivity contribution in [3.05, 3.63) is 42.2 Å². The summed E-state index contributed by atoms with van der Waals surface area (Å²) in [5.74, 6) is 2.33. The number of ether oxygens (including phenoxy) is 4. The fraction of sp³-hybridized carbons (Fsp3) is 0.559. The topological polar surface area (TPSA) is 161 Å². The van der Waals surface area contributed by atoms with Crippen LogP contribution >= 0.6 is 0 Å². The second-order valence-corrected chi connectivity index (χ2v) is 11.8. The van der Waals surface area contributed by atoms with Gasteiger partial charge < -0.3 is 29.8 Å². The maximum atomic E-state index is 13.8. The Morgan fingerprint density at radius 1 is 1.09 bits per heavy atom. The van der Waals surface area contributed by atoms with Gasteiger partial charge in [0.25, 0.3) is 0 Å². The van der Waals surface area contributed by atoms with Crippen molar-refractivity contribution in [2.45, 2.75) is 115 Å². The number of benzene rings is 1. The molecular formula is C34H44FN5O7. The molecule has 0 saturated carbocycles. The fourth-order valence-electron chi connectivity index (χ4n) is 5.55. The number of unbranched alkanes of at least 4 members (excludes halogenated alkanes) is 10. The number of halogens is 1. The van der Waals surface area contributed by atoms with Gasteiger partial charge in [0.1, 0.15) is 18.6 Å². The maximum Gasteiger partial charge on any atom is 0.509 e. The van der Waals surface area contributed by atoms with Crippen LogP contribution in [0.15, 0.2) is 30.6 Å². The predicted molar refractivity (Wildman–Crippen MR) is 171 cm³/mol. The lowest BCUT2D eigenvalue weighted by molar-refractivity contribution is -0.134. The summed E-state index contributed by atoms with van der Waals surface area (Å²) in [4.78, 5) is 36.2. The zero-order valence-electron chi connectivity index (χ0n) is 26.9. The quantitative estimate of drug-likeness (QED) is 0.0532. The minimum absolute atomic E-state index is 0.0178. The Hall–Kier alpha value is -4.28. The zero-order valence-corrected chi connectivity index (χ0v) is 26.9. The highest BCUT2D eigenvalue weighted by Crippen LogP contribution is 2.39. The van der Waals surface area contributed by atoms with E-state index in [1.54, 1.807) is 24.3 Å². The third-order valence-corrected chi connectivity index (χ3v) is 8.23. The van der Waals surface area contributed by atoms with Gasteiger partial charge in [0.2, 0.25) is 0 Å². The normalized spacial score (nSPS) is 19.0. The zero-order chi connectivity index (χ0) is 33.6. The average molecular weight is 654 g/mol. The molecule has 1 saturated heterocycles. The van der Waals surface area contributed by atoms with Crippen molar-refractivity contribution in [3.8, 4) is 18.1 Å². The molecule has 0 radical (unpaired) electrons. The number of nitrogens with two attached hydrogens (primary N) is 1. The van der Waals surface area contributed by atoms with Crippen LogP contribution in [0.3, 0.4) is 0 Å². The van der Waals surface area contributed by atoms with Crippen LogP contribution < -0.4 is 10.5 Å². The molecule has 4 rings (SSSR count). The Morgan fingerprint density at radius 3 is 2.38 bits per heavy atom. The number of carbonyl (C=O) groups excluding carboxylic acids is 2. The van der Waals surface area contributed by atoms with Gasteiger partial charge in [-0.15, -0.1) is 6.42 Å². The van der Waals surface area contributed by atoms with Crippen LogP contribution in [0.4, 0.5) is 15.0 Å². The van der Waals surface area contributed by atoms with E-state index in [2.05, 4.69) is 27.8 Å². The molecule has 0 spiro atoms.